The molecule has 0 fully saturated rings. The number of hydrogen-bond donors (Lipinski definition) is 1. The predicted octanol–water partition coefficient (Wildman–Crippen LogP) is 2.51. The van der Waals surface area contributed by atoms with E-state index < -0.39 is 0 Å². The predicted molar refractivity (Wildman–Crippen MR) is 68.6 cm³/mol. The minimum Gasteiger partial charge on any atom is -0.497 e. The van der Waals surface area contributed by atoms with Gasteiger partial charge in [0.05, 0.1) is 7.11 Å². The summed E-state index contributed by atoms with van der Waals surface area (Å²) in [5.41, 5.74) is 7.96. The zero-order valence-corrected chi connectivity index (χ0v) is 10.7. The van der Waals surface area contributed by atoms with Crippen molar-refractivity contribution in [1.29, 1.82) is 0 Å². The van der Waals surface area contributed by atoms with E-state index in [1.54, 1.807) is 7.11 Å². The Bertz CT molecular complexity index is 337. The van der Waals surface area contributed by atoms with Crippen LogP contribution in [0.3, 0.4) is 0 Å². The fourth-order valence-corrected chi connectivity index (χ4v) is 1.72. The topological polar surface area (TPSA) is 38.5 Å². The number of benzene rings is 1. The van der Waals surface area contributed by atoms with Crippen molar-refractivity contribution < 1.29 is 4.74 Å². The lowest BCUT2D eigenvalue weighted by molar-refractivity contribution is 0.225. The highest BCUT2D eigenvalue weighted by Crippen LogP contribution is 2.21. The van der Waals surface area contributed by atoms with Crippen molar-refractivity contribution >= 4 is 5.69 Å². The van der Waals surface area contributed by atoms with Crippen LogP contribution in [0.5, 0.6) is 5.75 Å². The summed E-state index contributed by atoms with van der Waals surface area (Å²) in [6.07, 6.45) is 0. The van der Waals surface area contributed by atoms with Crippen LogP contribution in [0.25, 0.3) is 0 Å². The lowest BCUT2D eigenvalue weighted by atomic mass is 10.1. The molecule has 0 unspecified atom stereocenters. The maximum absolute atomic E-state index is 5.99. The zero-order chi connectivity index (χ0) is 12.1. The third-order valence-corrected chi connectivity index (χ3v) is 2.86. The average Bonchev–Trinajstić information content (AvgIpc) is 2.26. The zero-order valence-electron chi connectivity index (χ0n) is 10.7. The van der Waals surface area contributed by atoms with Crippen molar-refractivity contribution in [3.63, 3.8) is 0 Å². The van der Waals surface area contributed by atoms with Crippen LogP contribution in [-0.4, -0.2) is 24.6 Å². The van der Waals surface area contributed by atoms with Gasteiger partial charge in [-0.05, 0) is 32.0 Å². The molecule has 0 spiro atoms. The molecule has 3 nitrogen and oxygen atoms in total. The van der Waals surface area contributed by atoms with Crippen LogP contribution in [0, 0.1) is 0 Å². The van der Waals surface area contributed by atoms with Gasteiger partial charge in [0.15, 0.2) is 0 Å². The highest BCUT2D eigenvalue weighted by atomic mass is 16.5. The lowest BCUT2D eigenvalue weighted by Gasteiger charge is -2.25. The van der Waals surface area contributed by atoms with Gasteiger partial charge in [-0.15, -0.1) is 0 Å². The normalized spacial score (nSPS) is 11.1. The van der Waals surface area contributed by atoms with Crippen LogP contribution in [-0.2, 0) is 6.54 Å². The number of rotatable bonds is 5. The summed E-state index contributed by atoms with van der Waals surface area (Å²) < 4.78 is 5.14. The van der Waals surface area contributed by atoms with Crippen molar-refractivity contribution in [3.05, 3.63) is 23.8 Å². The Morgan fingerprint density at radius 3 is 2.50 bits per heavy atom. The standard InChI is InChI=1S/C13H22N2O/c1-5-15(10(2)3)9-11-6-7-12(16-4)8-13(11)14/h6-8,10H,5,9,14H2,1-4H3. The van der Waals surface area contributed by atoms with Gasteiger partial charge in [-0.1, -0.05) is 13.0 Å². The number of ether oxygens (including phenoxy) is 1. The van der Waals surface area contributed by atoms with Crippen LogP contribution in [0.15, 0.2) is 18.2 Å². The molecular weight excluding hydrogens is 200 g/mol. The first-order chi connectivity index (χ1) is 7.58. The third kappa shape index (κ3) is 3.14. The average molecular weight is 222 g/mol. The first kappa shape index (κ1) is 12.8. The van der Waals surface area contributed by atoms with Crippen molar-refractivity contribution in [2.75, 3.05) is 19.4 Å². The van der Waals surface area contributed by atoms with Gasteiger partial charge in [-0.3, -0.25) is 4.90 Å². The quantitative estimate of drug-likeness (QED) is 0.778. The molecule has 2 N–H and O–H groups in total. The van der Waals surface area contributed by atoms with Gasteiger partial charge in [0.1, 0.15) is 5.75 Å². The van der Waals surface area contributed by atoms with E-state index in [9.17, 15) is 0 Å². The fourth-order valence-electron chi connectivity index (χ4n) is 1.72. The molecule has 0 aliphatic carbocycles. The van der Waals surface area contributed by atoms with Crippen molar-refractivity contribution in [2.45, 2.75) is 33.4 Å². The second kappa shape index (κ2) is 5.75. The van der Waals surface area contributed by atoms with Gasteiger partial charge < -0.3 is 10.5 Å². The molecule has 0 saturated heterocycles. The Labute approximate surface area is 98.2 Å². The molecule has 0 amide bonds. The molecular formula is C13H22N2O. The van der Waals surface area contributed by atoms with Crippen LogP contribution >= 0.6 is 0 Å². The largest absolute Gasteiger partial charge is 0.497 e. The van der Waals surface area contributed by atoms with Crippen molar-refractivity contribution in [2.24, 2.45) is 0 Å². The molecule has 1 aromatic rings. The molecule has 0 bridgehead atoms. The fraction of sp³-hybridized carbons (Fsp3) is 0.538. The first-order valence-electron chi connectivity index (χ1n) is 5.75. The number of methoxy groups -OCH3 is 1. The molecule has 0 saturated carbocycles. The number of nitrogens with two attached hydrogens (primary N) is 1. The van der Waals surface area contributed by atoms with Crippen LogP contribution in [0.1, 0.15) is 26.3 Å². The van der Waals surface area contributed by atoms with Crippen molar-refractivity contribution in [1.82, 2.24) is 4.90 Å². The van der Waals surface area contributed by atoms with Crippen molar-refractivity contribution in [3.8, 4) is 5.75 Å². The maximum Gasteiger partial charge on any atom is 0.120 e. The Morgan fingerprint density at radius 1 is 1.38 bits per heavy atom. The van der Waals surface area contributed by atoms with Gasteiger partial charge in [0.2, 0.25) is 0 Å². The first-order valence-corrected chi connectivity index (χ1v) is 5.75. The molecule has 1 aromatic carbocycles. The Morgan fingerprint density at radius 2 is 2.06 bits per heavy atom. The van der Waals surface area contributed by atoms with E-state index >= 15 is 0 Å². The SMILES string of the molecule is CCN(Cc1ccc(OC)cc1N)C(C)C. The summed E-state index contributed by atoms with van der Waals surface area (Å²) in [5, 5.41) is 0. The summed E-state index contributed by atoms with van der Waals surface area (Å²) in [7, 11) is 1.65. The van der Waals surface area contributed by atoms with E-state index in [1.807, 2.05) is 18.2 Å². The molecule has 0 atom stereocenters. The number of hydrogen-bond acceptors (Lipinski definition) is 3. The molecule has 3 heteroatoms. The Hall–Kier alpha value is -1.22. The second-order valence-corrected chi connectivity index (χ2v) is 4.22. The van der Waals surface area contributed by atoms with Gasteiger partial charge in [-0.25, -0.2) is 0 Å². The molecule has 0 radical (unpaired) electrons. The molecule has 1 rings (SSSR count). The highest BCUT2D eigenvalue weighted by molar-refractivity contribution is 5.51. The van der Waals surface area contributed by atoms with E-state index in [0.717, 1.165) is 30.1 Å². The second-order valence-electron chi connectivity index (χ2n) is 4.22. The molecule has 16 heavy (non-hydrogen) atoms. The summed E-state index contributed by atoms with van der Waals surface area (Å²) >= 11 is 0. The van der Waals surface area contributed by atoms with E-state index in [4.69, 9.17) is 10.5 Å². The highest BCUT2D eigenvalue weighted by Gasteiger charge is 2.09. The van der Waals surface area contributed by atoms with Crippen LogP contribution in [0.2, 0.25) is 0 Å². The van der Waals surface area contributed by atoms with Gasteiger partial charge >= 0.3 is 0 Å². The summed E-state index contributed by atoms with van der Waals surface area (Å²) in [4.78, 5) is 2.37. The van der Waals surface area contributed by atoms with E-state index in [1.165, 1.54) is 0 Å². The molecule has 0 aliphatic heterocycles. The third-order valence-electron chi connectivity index (χ3n) is 2.86. The molecule has 0 aromatic heterocycles. The van der Waals surface area contributed by atoms with Gasteiger partial charge in [0, 0.05) is 24.3 Å². The smallest absolute Gasteiger partial charge is 0.120 e. The number of nitrogens with zero attached hydrogens (tertiary/aromatic N) is 1. The Balaban J connectivity index is 2.80. The van der Waals surface area contributed by atoms with Gasteiger partial charge in [0.25, 0.3) is 0 Å². The minimum atomic E-state index is 0.534. The monoisotopic (exact) mass is 222 g/mol. The van der Waals surface area contributed by atoms with E-state index in [2.05, 4.69) is 25.7 Å². The van der Waals surface area contributed by atoms with E-state index in [-0.39, 0.29) is 0 Å². The molecule has 0 aliphatic rings. The Kier molecular flexibility index (Phi) is 4.62. The van der Waals surface area contributed by atoms with Crippen LogP contribution in [0.4, 0.5) is 5.69 Å². The molecule has 90 valence electrons. The van der Waals surface area contributed by atoms with E-state index in [0.29, 0.717) is 6.04 Å². The number of nitrogen functional groups attached to an aromatic ring is 1. The number of anilines is 1. The molecule has 0 heterocycles. The maximum atomic E-state index is 5.99. The lowest BCUT2D eigenvalue weighted by Crippen LogP contribution is -2.30. The minimum absolute atomic E-state index is 0.534. The summed E-state index contributed by atoms with van der Waals surface area (Å²) in [6, 6.07) is 6.41. The van der Waals surface area contributed by atoms with Crippen LogP contribution < -0.4 is 10.5 Å². The van der Waals surface area contributed by atoms with Gasteiger partial charge in [-0.2, -0.15) is 0 Å². The summed E-state index contributed by atoms with van der Waals surface area (Å²) in [5.74, 6) is 0.814. The summed E-state index contributed by atoms with van der Waals surface area (Å²) in [6.45, 7) is 8.49.